The predicted octanol–water partition coefficient (Wildman–Crippen LogP) is 1.65. The van der Waals surface area contributed by atoms with E-state index in [9.17, 15) is 13.2 Å². The number of para-hydroxylation sites is 1. The van der Waals surface area contributed by atoms with Crippen LogP contribution in [0.25, 0.3) is 5.69 Å². The summed E-state index contributed by atoms with van der Waals surface area (Å²) in [6, 6.07) is 7.85. The van der Waals surface area contributed by atoms with Crippen molar-refractivity contribution >= 4 is 15.7 Å². The van der Waals surface area contributed by atoms with Gasteiger partial charge in [-0.15, -0.1) is 0 Å². The summed E-state index contributed by atoms with van der Waals surface area (Å²) in [7, 11) is -2.92. The van der Waals surface area contributed by atoms with Gasteiger partial charge >= 0.3 is 0 Å². The molecule has 24 heavy (non-hydrogen) atoms. The second-order valence-corrected chi connectivity index (χ2v) is 8.55. The molecule has 1 fully saturated rings. The fourth-order valence-electron chi connectivity index (χ4n) is 3.04. The molecule has 2 heterocycles. The first-order valence-electron chi connectivity index (χ1n) is 7.96. The summed E-state index contributed by atoms with van der Waals surface area (Å²) in [4.78, 5) is 12.4. The van der Waals surface area contributed by atoms with Crippen molar-refractivity contribution in [1.82, 2.24) is 15.1 Å². The van der Waals surface area contributed by atoms with Crippen LogP contribution in [0.2, 0.25) is 0 Å². The van der Waals surface area contributed by atoms with Gasteiger partial charge in [0.2, 0.25) is 0 Å². The molecule has 0 bridgehead atoms. The van der Waals surface area contributed by atoms with E-state index in [2.05, 4.69) is 10.4 Å². The van der Waals surface area contributed by atoms with Crippen molar-refractivity contribution in [2.24, 2.45) is 5.92 Å². The third kappa shape index (κ3) is 3.36. The van der Waals surface area contributed by atoms with Crippen LogP contribution in [-0.4, -0.2) is 42.2 Å². The Morgan fingerprint density at radius 1 is 1.33 bits per heavy atom. The molecule has 0 aliphatic carbocycles. The average molecular weight is 347 g/mol. The van der Waals surface area contributed by atoms with Crippen LogP contribution in [0.1, 0.15) is 28.0 Å². The van der Waals surface area contributed by atoms with Crippen molar-refractivity contribution in [2.45, 2.75) is 20.3 Å². The number of carbonyl (C=O) groups is 1. The fraction of sp³-hybridized carbons (Fsp3) is 0.412. The molecule has 128 valence electrons. The van der Waals surface area contributed by atoms with Gasteiger partial charge < -0.3 is 5.32 Å². The lowest BCUT2D eigenvalue weighted by Gasteiger charge is -2.10. The Balaban J connectivity index is 1.72. The monoisotopic (exact) mass is 347 g/mol. The molecule has 1 N–H and O–H groups in total. The van der Waals surface area contributed by atoms with Crippen molar-refractivity contribution < 1.29 is 13.2 Å². The summed E-state index contributed by atoms with van der Waals surface area (Å²) in [5, 5.41) is 7.17. The zero-order valence-corrected chi connectivity index (χ0v) is 14.6. The Morgan fingerprint density at radius 3 is 2.75 bits per heavy atom. The lowest BCUT2D eigenvalue weighted by atomic mass is 10.1. The summed E-state index contributed by atoms with van der Waals surface area (Å²) >= 11 is 0. The van der Waals surface area contributed by atoms with Gasteiger partial charge in [-0.05, 0) is 37.8 Å². The maximum atomic E-state index is 12.4. The highest BCUT2D eigenvalue weighted by molar-refractivity contribution is 7.91. The van der Waals surface area contributed by atoms with Crippen LogP contribution in [0.4, 0.5) is 0 Å². The van der Waals surface area contributed by atoms with Crippen LogP contribution in [-0.2, 0) is 9.84 Å². The number of rotatable bonds is 4. The summed E-state index contributed by atoms with van der Waals surface area (Å²) in [5.74, 6) is 0.175. The van der Waals surface area contributed by atoms with Gasteiger partial charge in [-0.2, -0.15) is 5.10 Å². The van der Waals surface area contributed by atoms with Gasteiger partial charge in [0, 0.05) is 6.54 Å². The fourth-order valence-corrected chi connectivity index (χ4v) is 4.90. The molecule has 1 aliphatic heterocycles. The van der Waals surface area contributed by atoms with Gasteiger partial charge in [-0.3, -0.25) is 4.79 Å². The number of benzene rings is 1. The van der Waals surface area contributed by atoms with Gasteiger partial charge in [0.15, 0.2) is 9.84 Å². The van der Waals surface area contributed by atoms with E-state index in [0.717, 1.165) is 16.9 Å². The first-order valence-corrected chi connectivity index (χ1v) is 9.79. The van der Waals surface area contributed by atoms with Crippen LogP contribution in [0.3, 0.4) is 0 Å². The largest absolute Gasteiger partial charge is 0.352 e. The topological polar surface area (TPSA) is 81.1 Å². The molecule has 2 aromatic rings. The molecule has 1 aliphatic rings. The lowest BCUT2D eigenvalue weighted by molar-refractivity contribution is 0.0948. The van der Waals surface area contributed by atoms with Crippen LogP contribution in [0, 0.1) is 19.8 Å². The average Bonchev–Trinajstić information content (AvgIpc) is 3.08. The predicted molar refractivity (Wildman–Crippen MR) is 92.1 cm³/mol. The van der Waals surface area contributed by atoms with E-state index in [0.29, 0.717) is 18.5 Å². The molecule has 0 spiro atoms. The number of sulfone groups is 1. The van der Waals surface area contributed by atoms with Crippen molar-refractivity contribution in [3.63, 3.8) is 0 Å². The maximum absolute atomic E-state index is 12.4. The van der Waals surface area contributed by atoms with Crippen molar-refractivity contribution in [1.29, 1.82) is 0 Å². The Labute approximate surface area is 141 Å². The molecule has 1 unspecified atom stereocenters. The van der Waals surface area contributed by atoms with E-state index >= 15 is 0 Å². The molecule has 1 atom stereocenters. The minimum Gasteiger partial charge on any atom is -0.352 e. The molecule has 0 radical (unpaired) electrons. The number of hydrogen-bond acceptors (Lipinski definition) is 4. The number of amides is 1. The molecule has 1 aromatic heterocycles. The zero-order chi connectivity index (χ0) is 17.3. The Hall–Kier alpha value is -2.15. The van der Waals surface area contributed by atoms with E-state index in [1.54, 1.807) is 10.9 Å². The number of carbonyl (C=O) groups excluding carboxylic acids is 1. The quantitative estimate of drug-likeness (QED) is 0.912. The molecular formula is C17H21N3O3S. The molecule has 6 nitrogen and oxygen atoms in total. The second-order valence-electron chi connectivity index (χ2n) is 6.32. The number of hydrogen-bond donors (Lipinski definition) is 1. The van der Waals surface area contributed by atoms with Crippen LogP contribution < -0.4 is 5.32 Å². The van der Waals surface area contributed by atoms with E-state index in [1.165, 1.54) is 0 Å². The van der Waals surface area contributed by atoms with Crippen LogP contribution in [0.15, 0.2) is 30.5 Å². The van der Waals surface area contributed by atoms with E-state index < -0.39 is 9.84 Å². The van der Waals surface area contributed by atoms with Gasteiger partial charge in [-0.1, -0.05) is 18.2 Å². The molecule has 3 rings (SSSR count). The Bertz CT molecular complexity index is 871. The maximum Gasteiger partial charge on any atom is 0.254 e. The molecule has 1 aromatic carbocycles. The summed E-state index contributed by atoms with van der Waals surface area (Å²) in [6.07, 6.45) is 2.17. The van der Waals surface area contributed by atoms with Crippen molar-refractivity contribution in [3.8, 4) is 5.69 Å². The number of aromatic nitrogens is 2. The first kappa shape index (κ1) is 16.7. The Morgan fingerprint density at radius 2 is 2.08 bits per heavy atom. The standard InChI is InChI=1S/C17H21N3O3S/c1-12-5-3-4-6-16(12)20-13(2)15(10-19-20)17(21)18-9-14-7-8-24(22,23)11-14/h3-6,10,14H,7-9,11H2,1-2H3,(H,18,21). The number of nitrogens with one attached hydrogen (secondary N) is 1. The summed E-state index contributed by atoms with van der Waals surface area (Å²) in [5.41, 5.74) is 3.29. The smallest absolute Gasteiger partial charge is 0.254 e. The highest BCUT2D eigenvalue weighted by Crippen LogP contribution is 2.19. The van der Waals surface area contributed by atoms with Crippen molar-refractivity contribution in [2.75, 3.05) is 18.1 Å². The molecule has 0 saturated carbocycles. The minimum absolute atomic E-state index is 0.00525. The van der Waals surface area contributed by atoms with Gasteiger partial charge in [-0.25, -0.2) is 13.1 Å². The molecular weight excluding hydrogens is 326 g/mol. The van der Waals surface area contributed by atoms with Crippen LogP contribution in [0.5, 0.6) is 0 Å². The van der Waals surface area contributed by atoms with E-state index in [4.69, 9.17) is 0 Å². The molecule has 1 amide bonds. The summed E-state index contributed by atoms with van der Waals surface area (Å²) < 4.78 is 24.7. The normalized spacial score (nSPS) is 19.3. The SMILES string of the molecule is Cc1ccccc1-n1ncc(C(=O)NCC2CCS(=O)(=O)C2)c1C. The molecule has 1 saturated heterocycles. The third-order valence-electron chi connectivity index (χ3n) is 4.48. The lowest BCUT2D eigenvalue weighted by Crippen LogP contribution is -2.30. The first-order chi connectivity index (χ1) is 11.4. The van der Waals surface area contributed by atoms with Crippen molar-refractivity contribution in [3.05, 3.63) is 47.3 Å². The van der Waals surface area contributed by atoms with Gasteiger partial charge in [0.1, 0.15) is 0 Å². The number of nitrogens with zero attached hydrogens (tertiary/aromatic N) is 2. The van der Waals surface area contributed by atoms with Gasteiger partial charge in [0.05, 0.1) is 34.6 Å². The van der Waals surface area contributed by atoms with Gasteiger partial charge in [0.25, 0.3) is 5.91 Å². The zero-order valence-electron chi connectivity index (χ0n) is 13.8. The highest BCUT2D eigenvalue weighted by Gasteiger charge is 2.28. The van der Waals surface area contributed by atoms with Crippen LogP contribution >= 0.6 is 0 Å². The van der Waals surface area contributed by atoms with E-state index in [-0.39, 0.29) is 23.3 Å². The Kier molecular flexibility index (Phi) is 4.45. The summed E-state index contributed by atoms with van der Waals surface area (Å²) in [6.45, 7) is 4.23. The third-order valence-corrected chi connectivity index (χ3v) is 6.31. The second kappa shape index (κ2) is 6.39. The minimum atomic E-state index is -2.92. The molecule has 7 heteroatoms. The van der Waals surface area contributed by atoms with E-state index in [1.807, 2.05) is 38.1 Å². The highest BCUT2D eigenvalue weighted by atomic mass is 32.2. The number of aryl methyl sites for hydroxylation is 1.